The summed E-state index contributed by atoms with van der Waals surface area (Å²) in [7, 11) is 1.89. The minimum Gasteiger partial charge on any atom is -0.373 e. The minimum atomic E-state index is 0.00126. The molecule has 5 heteroatoms. The molecule has 0 radical (unpaired) electrons. The molecule has 0 saturated carbocycles. The number of carbonyl (C=O) groups is 1. The molecule has 1 aromatic carbocycles. The number of aryl methyl sites for hydroxylation is 2. The Morgan fingerprint density at radius 3 is 2.96 bits per heavy atom. The van der Waals surface area contributed by atoms with Gasteiger partial charge in [0.2, 0.25) is 0 Å². The molecule has 0 bridgehead atoms. The monoisotopic (exact) mass is 313 g/mol. The SMILES string of the molecule is Cc1cccc(C(=O)N[C@H]2CCO[C@@H](c3cnn(C)c3)C2)c1C. The molecule has 1 saturated heterocycles. The van der Waals surface area contributed by atoms with Crippen LogP contribution in [0, 0.1) is 13.8 Å². The molecule has 0 unspecified atom stereocenters. The molecule has 0 spiro atoms. The molecule has 3 rings (SSSR count). The van der Waals surface area contributed by atoms with Crippen LogP contribution < -0.4 is 5.32 Å². The fourth-order valence-electron chi connectivity index (χ4n) is 3.03. The predicted octanol–water partition coefficient (Wildman–Crippen LogP) is 2.69. The first-order valence-corrected chi connectivity index (χ1v) is 8.02. The van der Waals surface area contributed by atoms with Crippen LogP contribution in [0.25, 0.3) is 0 Å². The van der Waals surface area contributed by atoms with E-state index in [0.717, 1.165) is 35.1 Å². The number of rotatable bonds is 3. The summed E-state index contributed by atoms with van der Waals surface area (Å²) in [5.74, 6) is 0.00281. The van der Waals surface area contributed by atoms with E-state index in [1.807, 2.05) is 51.5 Å². The van der Waals surface area contributed by atoms with Gasteiger partial charge >= 0.3 is 0 Å². The van der Waals surface area contributed by atoms with Gasteiger partial charge in [0, 0.05) is 37.0 Å². The van der Waals surface area contributed by atoms with Crippen LogP contribution in [0.5, 0.6) is 0 Å². The van der Waals surface area contributed by atoms with E-state index < -0.39 is 0 Å². The summed E-state index contributed by atoms with van der Waals surface area (Å²) in [6, 6.07) is 5.97. The number of carbonyl (C=O) groups excluding carboxylic acids is 1. The second-order valence-electron chi connectivity index (χ2n) is 6.25. The van der Waals surface area contributed by atoms with Crippen molar-refractivity contribution in [2.24, 2.45) is 7.05 Å². The lowest BCUT2D eigenvalue weighted by atomic mass is 9.98. The van der Waals surface area contributed by atoms with Crippen LogP contribution >= 0.6 is 0 Å². The zero-order valence-corrected chi connectivity index (χ0v) is 13.9. The zero-order valence-electron chi connectivity index (χ0n) is 13.9. The highest BCUT2D eigenvalue weighted by molar-refractivity contribution is 5.96. The van der Waals surface area contributed by atoms with Gasteiger partial charge in [-0.3, -0.25) is 9.48 Å². The number of nitrogens with zero attached hydrogens (tertiary/aromatic N) is 2. The van der Waals surface area contributed by atoms with Crippen molar-refractivity contribution < 1.29 is 9.53 Å². The van der Waals surface area contributed by atoms with E-state index in [9.17, 15) is 4.79 Å². The van der Waals surface area contributed by atoms with Gasteiger partial charge in [0.25, 0.3) is 5.91 Å². The number of ether oxygens (including phenoxy) is 1. The van der Waals surface area contributed by atoms with Crippen LogP contribution in [0.2, 0.25) is 0 Å². The van der Waals surface area contributed by atoms with Gasteiger partial charge in [-0.1, -0.05) is 12.1 Å². The Morgan fingerprint density at radius 1 is 1.39 bits per heavy atom. The molecule has 1 aliphatic heterocycles. The summed E-state index contributed by atoms with van der Waals surface area (Å²) < 4.78 is 7.61. The third-order valence-electron chi connectivity index (χ3n) is 4.57. The zero-order chi connectivity index (χ0) is 16.4. The average molecular weight is 313 g/mol. The van der Waals surface area contributed by atoms with Crippen molar-refractivity contribution in [3.8, 4) is 0 Å². The highest BCUT2D eigenvalue weighted by atomic mass is 16.5. The molecule has 2 heterocycles. The van der Waals surface area contributed by atoms with E-state index in [1.165, 1.54) is 0 Å². The highest BCUT2D eigenvalue weighted by Gasteiger charge is 2.26. The summed E-state index contributed by atoms with van der Waals surface area (Å²) in [5.41, 5.74) is 4.01. The summed E-state index contributed by atoms with van der Waals surface area (Å²) in [4.78, 5) is 12.6. The largest absolute Gasteiger partial charge is 0.373 e. The molecule has 122 valence electrons. The Morgan fingerprint density at radius 2 is 2.22 bits per heavy atom. The third-order valence-corrected chi connectivity index (χ3v) is 4.57. The molecule has 1 N–H and O–H groups in total. The second kappa shape index (κ2) is 6.54. The molecule has 23 heavy (non-hydrogen) atoms. The molecule has 1 amide bonds. The maximum Gasteiger partial charge on any atom is 0.251 e. The van der Waals surface area contributed by atoms with Gasteiger partial charge in [-0.2, -0.15) is 5.10 Å². The van der Waals surface area contributed by atoms with Gasteiger partial charge < -0.3 is 10.1 Å². The first-order chi connectivity index (χ1) is 11.0. The number of hydrogen-bond acceptors (Lipinski definition) is 3. The summed E-state index contributed by atoms with van der Waals surface area (Å²) in [6.07, 6.45) is 5.43. The van der Waals surface area contributed by atoms with Gasteiger partial charge in [0.1, 0.15) is 0 Å². The van der Waals surface area contributed by atoms with Crippen molar-refractivity contribution in [1.29, 1.82) is 0 Å². The van der Waals surface area contributed by atoms with Crippen molar-refractivity contribution in [3.63, 3.8) is 0 Å². The Labute approximate surface area is 136 Å². The minimum absolute atomic E-state index is 0.00126. The van der Waals surface area contributed by atoms with E-state index >= 15 is 0 Å². The molecule has 1 aromatic heterocycles. The van der Waals surface area contributed by atoms with Crippen molar-refractivity contribution in [3.05, 3.63) is 52.8 Å². The Hall–Kier alpha value is -2.14. The third kappa shape index (κ3) is 3.45. The fraction of sp³-hybridized carbons (Fsp3) is 0.444. The Balaban J connectivity index is 1.67. The molecule has 1 fully saturated rings. The van der Waals surface area contributed by atoms with E-state index in [0.29, 0.717) is 6.61 Å². The number of amides is 1. The van der Waals surface area contributed by atoms with Crippen LogP contribution in [0.15, 0.2) is 30.6 Å². The number of aromatic nitrogens is 2. The van der Waals surface area contributed by atoms with E-state index in [4.69, 9.17) is 4.74 Å². The smallest absolute Gasteiger partial charge is 0.251 e. The second-order valence-corrected chi connectivity index (χ2v) is 6.25. The van der Waals surface area contributed by atoms with E-state index in [2.05, 4.69) is 10.4 Å². The molecular formula is C18H23N3O2. The van der Waals surface area contributed by atoms with Crippen LogP contribution in [0.1, 0.15) is 46.0 Å². The highest BCUT2D eigenvalue weighted by Crippen LogP contribution is 2.28. The predicted molar refractivity (Wildman–Crippen MR) is 88.3 cm³/mol. The number of benzene rings is 1. The molecule has 0 aliphatic carbocycles. The lowest BCUT2D eigenvalue weighted by Crippen LogP contribution is -2.40. The lowest BCUT2D eigenvalue weighted by molar-refractivity contribution is 0.000863. The first kappa shape index (κ1) is 15.7. The van der Waals surface area contributed by atoms with E-state index in [-0.39, 0.29) is 18.1 Å². The number of nitrogens with one attached hydrogen (secondary N) is 1. The van der Waals surface area contributed by atoms with Gasteiger partial charge in [0.15, 0.2) is 0 Å². The molecule has 2 aromatic rings. The lowest BCUT2D eigenvalue weighted by Gasteiger charge is -2.29. The topological polar surface area (TPSA) is 56.1 Å². The quantitative estimate of drug-likeness (QED) is 0.948. The van der Waals surface area contributed by atoms with Gasteiger partial charge in [-0.15, -0.1) is 0 Å². The van der Waals surface area contributed by atoms with Crippen LogP contribution in [0.4, 0.5) is 0 Å². The molecule has 2 atom stereocenters. The van der Waals surface area contributed by atoms with Crippen molar-refractivity contribution in [1.82, 2.24) is 15.1 Å². The normalized spacial score (nSPS) is 21.2. The standard InChI is InChI=1S/C18H23N3O2/c1-12-5-4-6-16(13(12)2)18(22)20-15-7-8-23-17(9-15)14-10-19-21(3)11-14/h4-6,10-11,15,17H,7-9H2,1-3H3,(H,20,22)/t15-,17+/m0/s1. The molecule has 5 nitrogen and oxygen atoms in total. The summed E-state index contributed by atoms with van der Waals surface area (Å²) in [5, 5.41) is 7.36. The van der Waals surface area contributed by atoms with Crippen molar-refractivity contribution in [2.45, 2.75) is 38.8 Å². The van der Waals surface area contributed by atoms with Gasteiger partial charge in [-0.05, 0) is 43.9 Å². The average Bonchev–Trinajstić information content (AvgIpc) is 2.97. The number of hydrogen-bond donors (Lipinski definition) is 1. The van der Waals surface area contributed by atoms with Crippen LogP contribution in [0.3, 0.4) is 0 Å². The van der Waals surface area contributed by atoms with Gasteiger partial charge in [-0.25, -0.2) is 0 Å². The Bertz CT molecular complexity index is 708. The summed E-state index contributed by atoms with van der Waals surface area (Å²) >= 11 is 0. The van der Waals surface area contributed by atoms with Gasteiger partial charge in [0.05, 0.1) is 12.3 Å². The fourth-order valence-corrected chi connectivity index (χ4v) is 3.03. The van der Waals surface area contributed by atoms with Crippen LogP contribution in [-0.2, 0) is 11.8 Å². The van der Waals surface area contributed by atoms with Crippen molar-refractivity contribution in [2.75, 3.05) is 6.61 Å². The van der Waals surface area contributed by atoms with E-state index in [1.54, 1.807) is 4.68 Å². The van der Waals surface area contributed by atoms with Crippen LogP contribution in [-0.4, -0.2) is 28.3 Å². The van der Waals surface area contributed by atoms with Crippen molar-refractivity contribution >= 4 is 5.91 Å². The first-order valence-electron chi connectivity index (χ1n) is 8.02. The maximum atomic E-state index is 12.6. The summed E-state index contributed by atoms with van der Waals surface area (Å²) in [6.45, 7) is 4.67. The Kier molecular flexibility index (Phi) is 4.48. The molecular weight excluding hydrogens is 290 g/mol. The molecule has 1 aliphatic rings. The maximum absolute atomic E-state index is 12.6.